The van der Waals surface area contributed by atoms with E-state index in [-0.39, 0.29) is 5.82 Å². The van der Waals surface area contributed by atoms with E-state index in [9.17, 15) is 4.39 Å². The van der Waals surface area contributed by atoms with Gasteiger partial charge in [0, 0.05) is 23.5 Å². The van der Waals surface area contributed by atoms with E-state index in [0.717, 1.165) is 28.1 Å². The van der Waals surface area contributed by atoms with Gasteiger partial charge in [-0.15, -0.1) is 0 Å². The first-order valence-electron chi connectivity index (χ1n) is 9.10. The molecule has 0 amide bonds. The molecule has 150 valence electrons. The second kappa shape index (κ2) is 9.20. The van der Waals surface area contributed by atoms with E-state index in [2.05, 4.69) is 34.9 Å². The highest BCUT2D eigenvalue weighted by Gasteiger charge is 2.07. The molecule has 0 aliphatic carbocycles. The molecule has 0 atom stereocenters. The summed E-state index contributed by atoms with van der Waals surface area (Å²) in [4.78, 5) is 0. The topological polar surface area (TPSA) is 41.4 Å². The fourth-order valence-corrected chi connectivity index (χ4v) is 3.58. The minimum Gasteiger partial charge on any atom is -0.342 e. The molecule has 0 fully saturated rings. The molecule has 1 aromatic heterocycles. The molecule has 2 N–H and O–H groups in total. The van der Waals surface area contributed by atoms with Gasteiger partial charge in [-0.2, -0.15) is 5.10 Å². The van der Waals surface area contributed by atoms with Crippen LogP contribution >= 0.6 is 23.8 Å². The van der Waals surface area contributed by atoms with Crippen molar-refractivity contribution in [3.63, 3.8) is 0 Å². The van der Waals surface area contributed by atoms with Crippen molar-refractivity contribution >= 4 is 40.8 Å². The van der Waals surface area contributed by atoms with E-state index in [0.29, 0.717) is 16.7 Å². The van der Waals surface area contributed by atoms with Gasteiger partial charge in [-0.1, -0.05) is 35.4 Å². The molecule has 0 aliphatic rings. The van der Waals surface area contributed by atoms with Gasteiger partial charge >= 0.3 is 0 Å². The number of hydrazone groups is 1. The lowest BCUT2D eigenvalue weighted by atomic mass is 10.1. The normalized spacial score (nSPS) is 11.1. The summed E-state index contributed by atoms with van der Waals surface area (Å²) < 4.78 is 15.2. The van der Waals surface area contributed by atoms with E-state index in [4.69, 9.17) is 23.8 Å². The predicted octanol–water partition coefficient (Wildman–Crippen LogP) is 5.57. The van der Waals surface area contributed by atoms with Gasteiger partial charge in [0.1, 0.15) is 5.82 Å². The van der Waals surface area contributed by atoms with Crippen LogP contribution in [-0.4, -0.2) is 15.9 Å². The zero-order valence-electron chi connectivity index (χ0n) is 16.5. The SMILES string of the molecule is Cc1cc(C)c(NC(=S)N/N=C/c2cccn2Cc2ccc(F)cc2Cl)c(C)c1. The largest absolute Gasteiger partial charge is 0.342 e. The molecule has 4 nitrogen and oxygen atoms in total. The molecule has 0 spiro atoms. The first kappa shape index (κ1) is 21.0. The number of aryl methyl sites for hydroxylation is 3. The molecule has 7 heteroatoms. The third kappa shape index (κ3) is 5.43. The summed E-state index contributed by atoms with van der Waals surface area (Å²) in [5.74, 6) is -0.350. The van der Waals surface area contributed by atoms with Gasteiger partial charge in [0.2, 0.25) is 0 Å². The quantitative estimate of drug-likeness (QED) is 0.317. The van der Waals surface area contributed by atoms with E-state index in [1.165, 1.54) is 17.7 Å². The lowest BCUT2D eigenvalue weighted by Gasteiger charge is -2.14. The lowest BCUT2D eigenvalue weighted by Crippen LogP contribution is -2.25. The highest BCUT2D eigenvalue weighted by molar-refractivity contribution is 7.80. The van der Waals surface area contributed by atoms with Crippen molar-refractivity contribution in [1.82, 2.24) is 9.99 Å². The number of benzene rings is 2. The number of halogens is 2. The van der Waals surface area contributed by atoms with Gasteiger partial charge in [0.25, 0.3) is 0 Å². The van der Waals surface area contributed by atoms with Crippen LogP contribution in [0.1, 0.15) is 27.9 Å². The summed E-state index contributed by atoms with van der Waals surface area (Å²) in [5.41, 5.74) is 8.99. The van der Waals surface area contributed by atoms with Gasteiger partial charge in [-0.25, -0.2) is 4.39 Å². The molecule has 2 aromatic carbocycles. The fraction of sp³-hybridized carbons (Fsp3) is 0.182. The van der Waals surface area contributed by atoms with Crippen LogP contribution in [0.5, 0.6) is 0 Å². The average Bonchev–Trinajstić information content (AvgIpc) is 3.07. The van der Waals surface area contributed by atoms with Crippen LogP contribution in [0.3, 0.4) is 0 Å². The van der Waals surface area contributed by atoms with Crippen LogP contribution < -0.4 is 10.7 Å². The monoisotopic (exact) mass is 428 g/mol. The molecule has 0 bridgehead atoms. The highest BCUT2D eigenvalue weighted by Crippen LogP contribution is 2.22. The summed E-state index contributed by atoms with van der Waals surface area (Å²) in [6, 6.07) is 12.4. The zero-order chi connectivity index (χ0) is 21.0. The maximum Gasteiger partial charge on any atom is 0.191 e. The predicted molar refractivity (Wildman–Crippen MR) is 123 cm³/mol. The van der Waals surface area contributed by atoms with Crippen LogP contribution in [0, 0.1) is 26.6 Å². The van der Waals surface area contributed by atoms with Crippen LogP contribution in [0.4, 0.5) is 10.1 Å². The molecular weight excluding hydrogens is 407 g/mol. The van der Waals surface area contributed by atoms with Gasteiger partial charge in [0.15, 0.2) is 5.11 Å². The Morgan fingerprint density at radius 3 is 2.59 bits per heavy atom. The standard InChI is InChI=1S/C22H22ClFN4S/c1-14-9-15(2)21(16(3)10-14)26-22(29)27-25-12-19-5-4-8-28(19)13-17-6-7-18(24)11-20(17)23/h4-12H,13H2,1-3H3,(H2,26,27,29)/b25-12+. The van der Waals surface area contributed by atoms with Crippen LogP contribution in [0.25, 0.3) is 0 Å². The Morgan fingerprint density at radius 1 is 1.17 bits per heavy atom. The average molecular weight is 429 g/mol. The molecular formula is C22H22ClFN4S. The first-order valence-corrected chi connectivity index (χ1v) is 9.89. The smallest absolute Gasteiger partial charge is 0.191 e. The molecule has 1 heterocycles. The fourth-order valence-electron chi connectivity index (χ4n) is 3.20. The molecule has 0 unspecified atom stereocenters. The van der Waals surface area contributed by atoms with Crippen molar-refractivity contribution in [1.29, 1.82) is 0 Å². The summed E-state index contributed by atoms with van der Waals surface area (Å²) in [6.07, 6.45) is 3.59. The Bertz CT molecular complexity index is 1050. The van der Waals surface area contributed by atoms with Crippen LogP contribution in [0.2, 0.25) is 5.02 Å². The Morgan fingerprint density at radius 2 is 1.90 bits per heavy atom. The number of hydrogen-bond acceptors (Lipinski definition) is 2. The minimum absolute atomic E-state index is 0.350. The molecule has 3 aromatic rings. The number of nitrogens with one attached hydrogen (secondary N) is 2. The summed E-state index contributed by atoms with van der Waals surface area (Å²) >= 11 is 11.5. The van der Waals surface area contributed by atoms with Gasteiger partial charge in [-0.05, 0) is 73.9 Å². The number of thiocarbonyl (C=S) groups is 1. The van der Waals surface area contributed by atoms with Crippen molar-refractivity contribution in [2.45, 2.75) is 27.3 Å². The number of aromatic nitrogens is 1. The zero-order valence-corrected chi connectivity index (χ0v) is 18.0. The summed E-state index contributed by atoms with van der Waals surface area (Å²) in [6.45, 7) is 6.67. The van der Waals surface area contributed by atoms with Crippen LogP contribution in [0.15, 0.2) is 53.8 Å². The van der Waals surface area contributed by atoms with Crippen molar-refractivity contribution in [2.75, 3.05) is 5.32 Å². The van der Waals surface area contributed by atoms with Crippen molar-refractivity contribution in [3.05, 3.63) is 87.4 Å². The highest BCUT2D eigenvalue weighted by atomic mass is 35.5. The Labute approximate surface area is 180 Å². The van der Waals surface area contributed by atoms with Gasteiger partial charge in [0.05, 0.1) is 11.9 Å². The summed E-state index contributed by atoms with van der Waals surface area (Å²) in [7, 11) is 0. The molecule has 0 aliphatic heterocycles. The third-order valence-corrected chi connectivity index (χ3v) is 5.04. The Hall–Kier alpha value is -2.70. The van der Waals surface area contributed by atoms with E-state index in [1.807, 2.05) is 36.7 Å². The first-order chi connectivity index (χ1) is 13.8. The molecule has 0 radical (unpaired) electrons. The number of anilines is 1. The van der Waals surface area contributed by atoms with Crippen molar-refractivity contribution < 1.29 is 4.39 Å². The van der Waals surface area contributed by atoms with E-state index >= 15 is 0 Å². The maximum atomic E-state index is 13.2. The number of nitrogens with zero attached hydrogens (tertiary/aromatic N) is 2. The number of rotatable bonds is 5. The third-order valence-electron chi connectivity index (χ3n) is 4.50. The number of hydrogen-bond donors (Lipinski definition) is 2. The molecule has 29 heavy (non-hydrogen) atoms. The lowest BCUT2D eigenvalue weighted by molar-refractivity contribution is 0.626. The van der Waals surface area contributed by atoms with E-state index < -0.39 is 0 Å². The molecule has 0 saturated carbocycles. The van der Waals surface area contributed by atoms with E-state index in [1.54, 1.807) is 12.3 Å². The van der Waals surface area contributed by atoms with Crippen molar-refractivity contribution in [2.24, 2.45) is 5.10 Å². The van der Waals surface area contributed by atoms with Gasteiger partial charge < -0.3 is 9.88 Å². The molecule has 0 saturated heterocycles. The molecule has 3 rings (SSSR count). The maximum absolute atomic E-state index is 13.2. The Kier molecular flexibility index (Phi) is 6.67. The van der Waals surface area contributed by atoms with Gasteiger partial charge in [-0.3, -0.25) is 5.43 Å². The Balaban J connectivity index is 1.64. The van der Waals surface area contributed by atoms with Crippen LogP contribution in [-0.2, 0) is 6.54 Å². The van der Waals surface area contributed by atoms with Crippen molar-refractivity contribution in [3.8, 4) is 0 Å². The second-order valence-corrected chi connectivity index (χ2v) is 7.71. The second-order valence-electron chi connectivity index (χ2n) is 6.89. The minimum atomic E-state index is -0.350. The summed E-state index contributed by atoms with van der Waals surface area (Å²) in [5, 5.41) is 8.24.